The first-order chi connectivity index (χ1) is 12.7. The molecule has 1 aliphatic carbocycles. The van der Waals surface area contributed by atoms with E-state index in [2.05, 4.69) is 15.5 Å². The molecule has 26 heavy (non-hydrogen) atoms. The number of aromatic nitrogens is 3. The quantitative estimate of drug-likeness (QED) is 0.620. The van der Waals surface area contributed by atoms with Gasteiger partial charge in [-0.1, -0.05) is 49.6 Å². The highest BCUT2D eigenvalue weighted by atomic mass is 32.2. The minimum atomic E-state index is 0.0767. The molecular formula is C19H26N4O2S. The molecule has 1 N–H and O–H groups in total. The van der Waals surface area contributed by atoms with Crippen molar-refractivity contribution in [2.75, 3.05) is 12.9 Å². The molecule has 0 spiro atoms. The Balaban J connectivity index is 1.58. The fourth-order valence-electron chi connectivity index (χ4n) is 3.28. The SMILES string of the molecule is COc1cccc(-c2nnc(SCC(=O)NC3CCCCCC3)n2C)c1. The largest absolute Gasteiger partial charge is 0.497 e. The lowest BCUT2D eigenvalue weighted by molar-refractivity contribution is -0.119. The molecular weight excluding hydrogens is 348 g/mol. The van der Waals surface area contributed by atoms with Gasteiger partial charge in [-0.2, -0.15) is 0 Å². The van der Waals surface area contributed by atoms with Crippen molar-refractivity contribution in [1.82, 2.24) is 20.1 Å². The van der Waals surface area contributed by atoms with Gasteiger partial charge < -0.3 is 14.6 Å². The van der Waals surface area contributed by atoms with Crippen LogP contribution < -0.4 is 10.1 Å². The number of thioether (sulfide) groups is 1. The highest BCUT2D eigenvalue weighted by molar-refractivity contribution is 7.99. The lowest BCUT2D eigenvalue weighted by atomic mass is 10.1. The maximum Gasteiger partial charge on any atom is 0.230 e. The number of methoxy groups -OCH3 is 1. The Morgan fingerprint density at radius 1 is 1.27 bits per heavy atom. The van der Waals surface area contributed by atoms with Crippen molar-refractivity contribution < 1.29 is 9.53 Å². The topological polar surface area (TPSA) is 69.0 Å². The van der Waals surface area contributed by atoms with Crippen molar-refractivity contribution >= 4 is 17.7 Å². The molecule has 2 aromatic rings. The second kappa shape index (κ2) is 9.07. The van der Waals surface area contributed by atoms with Crippen LogP contribution in [0.15, 0.2) is 29.4 Å². The van der Waals surface area contributed by atoms with Crippen LogP contribution in [0, 0.1) is 0 Å². The molecule has 3 rings (SSSR count). The van der Waals surface area contributed by atoms with E-state index in [1.807, 2.05) is 35.9 Å². The Kier molecular flexibility index (Phi) is 6.55. The van der Waals surface area contributed by atoms with Gasteiger partial charge in [-0.3, -0.25) is 4.79 Å². The number of carbonyl (C=O) groups excluding carboxylic acids is 1. The lowest BCUT2D eigenvalue weighted by Gasteiger charge is -2.15. The lowest BCUT2D eigenvalue weighted by Crippen LogP contribution is -2.35. The van der Waals surface area contributed by atoms with Crippen molar-refractivity contribution in [3.05, 3.63) is 24.3 Å². The van der Waals surface area contributed by atoms with Crippen LogP contribution in [-0.4, -0.2) is 39.6 Å². The van der Waals surface area contributed by atoms with E-state index in [0.29, 0.717) is 11.8 Å². The third-order valence-corrected chi connectivity index (χ3v) is 5.74. The van der Waals surface area contributed by atoms with Gasteiger partial charge in [0.15, 0.2) is 11.0 Å². The van der Waals surface area contributed by atoms with E-state index in [1.54, 1.807) is 7.11 Å². The maximum absolute atomic E-state index is 12.3. The van der Waals surface area contributed by atoms with Gasteiger partial charge in [0.25, 0.3) is 0 Å². The fraction of sp³-hybridized carbons (Fsp3) is 0.526. The van der Waals surface area contributed by atoms with Gasteiger partial charge in [0.2, 0.25) is 5.91 Å². The second-order valence-electron chi connectivity index (χ2n) is 6.64. The van der Waals surface area contributed by atoms with Gasteiger partial charge >= 0.3 is 0 Å². The van der Waals surface area contributed by atoms with Crippen molar-refractivity contribution in [1.29, 1.82) is 0 Å². The molecule has 1 amide bonds. The smallest absolute Gasteiger partial charge is 0.230 e. The van der Waals surface area contributed by atoms with Crippen LogP contribution in [0.4, 0.5) is 0 Å². The van der Waals surface area contributed by atoms with Gasteiger partial charge in [-0.25, -0.2) is 0 Å². The van der Waals surface area contributed by atoms with Crippen molar-refractivity contribution in [2.24, 2.45) is 7.05 Å². The van der Waals surface area contributed by atoms with Crippen LogP contribution in [0.3, 0.4) is 0 Å². The molecule has 0 unspecified atom stereocenters. The summed E-state index contributed by atoms with van der Waals surface area (Å²) in [6, 6.07) is 8.05. The van der Waals surface area contributed by atoms with Gasteiger partial charge in [0, 0.05) is 18.7 Å². The number of rotatable bonds is 6. The van der Waals surface area contributed by atoms with E-state index in [1.165, 1.54) is 37.4 Å². The minimum Gasteiger partial charge on any atom is -0.497 e. The summed E-state index contributed by atoms with van der Waals surface area (Å²) in [5, 5.41) is 12.4. The molecule has 0 saturated heterocycles. The Hall–Kier alpha value is -2.02. The zero-order chi connectivity index (χ0) is 18.4. The van der Waals surface area contributed by atoms with Crippen LogP contribution in [0.1, 0.15) is 38.5 Å². The molecule has 140 valence electrons. The van der Waals surface area contributed by atoms with Crippen LogP contribution in [0.5, 0.6) is 5.75 Å². The monoisotopic (exact) mass is 374 g/mol. The molecule has 0 radical (unpaired) electrons. The van der Waals surface area contributed by atoms with Crippen molar-refractivity contribution in [3.63, 3.8) is 0 Å². The van der Waals surface area contributed by atoms with E-state index in [-0.39, 0.29) is 5.91 Å². The normalized spacial score (nSPS) is 15.5. The number of ether oxygens (including phenoxy) is 1. The van der Waals surface area contributed by atoms with E-state index in [4.69, 9.17) is 4.74 Å². The highest BCUT2D eigenvalue weighted by Crippen LogP contribution is 2.25. The summed E-state index contributed by atoms with van der Waals surface area (Å²) in [7, 11) is 3.56. The Labute approximate surface area is 158 Å². The fourth-order valence-corrected chi connectivity index (χ4v) is 4.00. The number of carbonyl (C=O) groups is 1. The second-order valence-corrected chi connectivity index (χ2v) is 7.58. The number of nitrogens with zero attached hydrogens (tertiary/aromatic N) is 3. The molecule has 1 saturated carbocycles. The molecule has 1 aromatic heterocycles. The van der Waals surface area contributed by atoms with Crippen LogP contribution in [0.25, 0.3) is 11.4 Å². The average Bonchev–Trinajstić information content (AvgIpc) is 2.84. The predicted octanol–water partition coefficient (Wildman–Crippen LogP) is 3.42. The van der Waals surface area contributed by atoms with Crippen LogP contribution >= 0.6 is 11.8 Å². The summed E-state index contributed by atoms with van der Waals surface area (Å²) in [4.78, 5) is 12.3. The van der Waals surface area contributed by atoms with E-state index in [9.17, 15) is 4.79 Å². The summed E-state index contributed by atoms with van der Waals surface area (Å²) in [5.41, 5.74) is 0.939. The predicted molar refractivity (Wildman–Crippen MR) is 103 cm³/mol. The van der Waals surface area contributed by atoms with Crippen LogP contribution in [0.2, 0.25) is 0 Å². The first kappa shape index (κ1) is 18.8. The molecule has 1 fully saturated rings. The van der Waals surface area contributed by atoms with Crippen molar-refractivity contribution in [3.8, 4) is 17.1 Å². The van der Waals surface area contributed by atoms with Crippen LogP contribution in [-0.2, 0) is 11.8 Å². The third kappa shape index (κ3) is 4.78. The van der Waals surface area contributed by atoms with E-state index < -0.39 is 0 Å². The first-order valence-corrected chi connectivity index (χ1v) is 10.1. The minimum absolute atomic E-state index is 0.0767. The molecule has 1 aromatic carbocycles. The van der Waals surface area contributed by atoms with Gasteiger partial charge in [0.1, 0.15) is 5.75 Å². The first-order valence-electron chi connectivity index (χ1n) is 9.13. The summed E-state index contributed by atoms with van der Waals surface area (Å²) >= 11 is 1.42. The number of hydrogen-bond acceptors (Lipinski definition) is 5. The van der Waals surface area contributed by atoms with Gasteiger partial charge in [-0.15, -0.1) is 10.2 Å². The number of benzene rings is 1. The molecule has 1 aliphatic rings. The molecule has 0 aliphatic heterocycles. The standard InChI is InChI=1S/C19H26N4O2S/c1-23-18(14-8-7-11-16(12-14)25-2)21-22-19(23)26-13-17(24)20-15-9-5-3-4-6-10-15/h7-8,11-12,15H,3-6,9-10,13H2,1-2H3,(H,20,24). The Bertz CT molecular complexity index is 739. The summed E-state index contributed by atoms with van der Waals surface area (Å²) in [5.74, 6) is 1.98. The summed E-state index contributed by atoms with van der Waals surface area (Å²) < 4.78 is 7.18. The van der Waals surface area contributed by atoms with Gasteiger partial charge in [-0.05, 0) is 25.0 Å². The third-order valence-electron chi connectivity index (χ3n) is 4.72. The molecule has 6 nitrogen and oxygen atoms in total. The molecule has 0 bridgehead atoms. The summed E-state index contributed by atoms with van der Waals surface area (Å²) in [6.45, 7) is 0. The van der Waals surface area contributed by atoms with Crippen molar-refractivity contribution in [2.45, 2.75) is 49.7 Å². The van der Waals surface area contributed by atoms with E-state index >= 15 is 0 Å². The zero-order valence-corrected chi connectivity index (χ0v) is 16.2. The highest BCUT2D eigenvalue weighted by Gasteiger charge is 2.17. The number of nitrogens with one attached hydrogen (secondary N) is 1. The maximum atomic E-state index is 12.3. The Morgan fingerprint density at radius 3 is 2.77 bits per heavy atom. The zero-order valence-electron chi connectivity index (χ0n) is 15.4. The molecule has 0 atom stereocenters. The average molecular weight is 375 g/mol. The molecule has 1 heterocycles. The number of hydrogen-bond donors (Lipinski definition) is 1. The Morgan fingerprint density at radius 2 is 2.04 bits per heavy atom. The molecule has 7 heteroatoms. The van der Waals surface area contributed by atoms with E-state index in [0.717, 1.165) is 35.1 Å². The number of amides is 1. The van der Waals surface area contributed by atoms with Gasteiger partial charge in [0.05, 0.1) is 12.9 Å². The summed E-state index contributed by atoms with van der Waals surface area (Å²) in [6.07, 6.45) is 7.19.